The monoisotopic (exact) mass is 317 g/mol. The maximum Gasteiger partial charge on any atom is 0.308 e. The van der Waals surface area contributed by atoms with Gasteiger partial charge in [0, 0.05) is 5.56 Å². The van der Waals surface area contributed by atoms with E-state index in [2.05, 4.69) is 11.6 Å². The lowest BCUT2D eigenvalue weighted by atomic mass is 9.78. The van der Waals surface area contributed by atoms with Crippen LogP contribution >= 0.6 is 0 Å². The summed E-state index contributed by atoms with van der Waals surface area (Å²) in [7, 11) is 1.66. The number of hydrogen-bond acceptors (Lipinski definition) is 5. The highest BCUT2D eigenvalue weighted by molar-refractivity contribution is 5.73. The molecule has 1 heterocycles. The number of rotatable bonds is 4. The molecule has 0 bridgehead atoms. The molecule has 1 aliphatic heterocycles. The fourth-order valence-corrected chi connectivity index (χ4v) is 3.26. The predicted molar refractivity (Wildman–Crippen MR) is 86.5 cm³/mol. The molecule has 0 saturated heterocycles. The Morgan fingerprint density at radius 2 is 2.17 bits per heavy atom. The van der Waals surface area contributed by atoms with Crippen LogP contribution in [-0.4, -0.2) is 25.3 Å². The zero-order valence-corrected chi connectivity index (χ0v) is 13.6. The first kappa shape index (κ1) is 15.9. The van der Waals surface area contributed by atoms with E-state index < -0.39 is 0 Å². The molecule has 1 aliphatic carbocycles. The van der Waals surface area contributed by atoms with Crippen LogP contribution in [-0.2, 0) is 14.4 Å². The van der Waals surface area contributed by atoms with Gasteiger partial charge in [0.15, 0.2) is 0 Å². The molecule has 23 heavy (non-hydrogen) atoms. The van der Waals surface area contributed by atoms with Crippen LogP contribution in [0.25, 0.3) is 5.70 Å². The van der Waals surface area contributed by atoms with Crippen molar-refractivity contribution in [3.05, 3.63) is 35.9 Å². The molecule has 1 saturated carbocycles. The van der Waals surface area contributed by atoms with Crippen LogP contribution in [0.1, 0.15) is 38.2 Å². The van der Waals surface area contributed by atoms with Crippen LogP contribution in [0, 0.1) is 5.92 Å². The topological polar surface area (TPSA) is 56.8 Å². The summed E-state index contributed by atoms with van der Waals surface area (Å²) in [4.78, 5) is 17.7. The van der Waals surface area contributed by atoms with Crippen molar-refractivity contribution >= 4 is 11.7 Å². The van der Waals surface area contributed by atoms with Gasteiger partial charge in [-0.25, -0.2) is 0 Å². The molecule has 0 atom stereocenters. The number of carbonyl (C=O) groups is 1. The molecular weight excluding hydrogens is 294 g/mol. The third kappa shape index (κ3) is 3.34. The highest BCUT2D eigenvalue weighted by Crippen LogP contribution is 2.40. The van der Waals surface area contributed by atoms with Crippen molar-refractivity contribution in [2.45, 2.75) is 38.2 Å². The van der Waals surface area contributed by atoms with Crippen molar-refractivity contribution in [2.24, 2.45) is 5.92 Å². The number of hydrogen-bond donors (Lipinski definition) is 1. The smallest absolute Gasteiger partial charge is 0.308 e. The maximum atomic E-state index is 11.8. The molecule has 5 heteroatoms. The Labute approximate surface area is 136 Å². The second-order valence-electron chi connectivity index (χ2n) is 6.09. The van der Waals surface area contributed by atoms with Gasteiger partial charge in [-0.1, -0.05) is 12.1 Å². The van der Waals surface area contributed by atoms with Crippen LogP contribution in [0.5, 0.6) is 5.75 Å². The first-order chi connectivity index (χ1) is 11.2. The minimum atomic E-state index is -0.318. The second-order valence-corrected chi connectivity index (χ2v) is 6.09. The Balaban J connectivity index is 1.69. The summed E-state index contributed by atoms with van der Waals surface area (Å²) in [6.45, 7) is 2.29. The standard InChI is InChI=1S/C18H23NO4/c1-3-22-17(20)13-7-9-18(10-8-13)12-16(19-23-18)14-5-4-6-15(11-14)21-2/h4-6,11-13,19H,3,7-10H2,1-2H3. The molecule has 2 aliphatic rings. The molecule has 1 spiro atoms. The summed E-state index contributed by atoms with van der Waals surface area (Å²) in [5, 5.41) is 0. The summed E-state index contributed by atoms with van der Waals surface area (Å²) in [6, 6.07) is 7.87. The third-order valence-electron chi connectivity index (χ3n) is 4.60. The molecule has 1 N–H and O–H groups in total. The zero-order chi connectivity index (χ0) is 16.3. The van der Waals surface area contributed by atoms with E-state index in [1.54, 1.807) is 7.11 Å². The minimum absolute atomic E-state index is 0.00144. The predicted octanol–water partition coefficient (Wildman–Crippen LogP) is 3.06. The van der Waals surface area contributed by atoms with Crippen LogP contribution in [0.3, 0.4) is 0 Å². The molecule has 0 unspecified atom stereocenters. The van der Waals surface area contributed by atoms with Gasteiger partial charge in [0.05, 0.1) is 25.3 Å². The van der Waals surface area contributed by atoms with E-state index in [1.807, 2.05) is 31.2 Å². The van der Waals surface area contributed by atoms with Gasteiger partial charge in [0.25, 0.3) is 0 Å². The van der Waals surface area contributed by atoms with E-state index in [0.717, 1.165) is 42.7 Å². The van der Waals surface area contributed by atoms with Gasteiger partial charge in [0.1, 0.15) is 11.4 Å². The third-order valence-corrected chi connectivity index (χ3v) is 4.60. The number of nitrogens with one attached hydrogen (secondary N) is 1. The van der Waals surface area contributed by atoms with Crippen LogP contribution in [0.4, 0.5) is 0 Å². The van der Waals surface area contributed by atoms with Crippen molar-refractivity contribution in [3.63, 3.8) is 0 Å². The van der Waals surface area contributed by atoms with Crippen LogP contribution in [0.2, 0.25) is 0 Å². The van der Waals surface area contributed by atoms with Gasteiger partial charge in [-0.3, -0.25) is 15.1 Å². The Morgan fingerprint density at radius 1 is 1.39 bits per heavy atom. The van der Waals surface area contributed by atoms with Crippen molar-refractivity contribution in [1.29, 1.82) is 0 Å². The summed E-state index contributed by atoms with van der Waals surface area (Å²) in [6.07, 6.45) is 5.36. The summed E-state index contributed by atoms with van der Waals surface area (Å²) in [5.74, 6) is 0.737. The van der Waals surface area contributed by atoms with E-state index in [4.69, 9.17) is 14.3 Å². The Hall–Kier alpha value is -2.01. The van der Waals surface area contributed by atoms with E-state index in [0.29, 0.717) is 6.61 Å². The van der Waals surface area contributed by atoms with Crippen molar-refractivity contribution in [1.82, 2.24) is 5.48 Å². The van der Waals surface area contributed by atoms with E-state index >= 15 is 0 Å². The fourth-order valence-electron chi connectivity index (χ4n) is 3.26. The van der Waals surface area contributed by atoms with Gasteiger partial charge in [-0.15, -0.1) is 0 Å². The lowest BCUT2D eigenvalue weighted by molar-refractivity contribution is -0.151. The maximum absolute atomic E-state index is 11.8. The molecule has 0 amide bonds. The Kier molecular flexibility index (Phi) is 4.57. The lowest BCUT2D eigenvalue weighted by Crippen LogP contribution is -2.36. The average molecular weight is 317 g/mol. The van der Waals surface area contributed by atoms with Crippen molar-refractivity contribution < 1.29 is 19.1 Å². The SMILES string of the molecule is CCOC(=O)C1CCC2(C=C(c3cccc(OC)c3)NO2)CC1. The molecular formula is C18H23NO4. The number of carbonyl (C=O) groups excluding carboxylic acids is 1. The number of benzene rings is 1. The van der Waals surface area contributed by atoms with Crippen LogP contribution < -0.4 is 10.2 Å². The van der Waals surface area contributed by atoms with Gasteiger partial charge in [-0.05, 0) is 50.8 Å². The Bertz CT molecular complexity index is 603. The molecule has 0 radical (unpaired) electrons. The average Bonchev–Trinajstić information content (AvgIpc) is 2.99. The summed E-state index contributed by atoms with van der Waals surface area (Å²) < 4.78 is 10.4. The van der Waals surface area contributed by atoms with Crippen molar-refractivity contribution in [2.75, 3.05) is 13.7 Å². The Morgan fingerprint density at radius 3 is 2.87 bits per heavy atom. The van der Waals surface area contributed by atoms with E-state index in [-0.39, 0.29) is 17.5 Å². The first-order valence-corrected chi connectivity index (χ1v) is 8.14. The summed E-state index contributed by atoms with van der Waals surface area (Å²) >= 11 is 0. The molecule has 3 rings (SSSR count). The molecule has 1 aromatic rings. The summed E-state index contributed by atoms with van der Waals surface area (Å²) in [5.41, 5.74) is 4.72. The van der Waals surface area contributed by atoms with Gasteiger partial charge < -0.3 is 9.47 Å². The van der Waals surface area contributed by atoms with E-state index in [9.17, 15) is 4.79 Å². The normalized spacial score (nSPS) is 26.5. The minimum Gasteiger partial charge on any atom is -0.497 e. The number of esters is 1. The highest BCUT2D eigenvalue weighted by atomic mass is 16.7. The largest absolute Gasteiger partial charge is 0.497 e. The van der Waals surface area contributed by atoms with Gasteiger partial charge in [-0.2, -0.15) is 0 Å². The molecule has 0 aromatic heterocycles. The quantitative estimate of drug-likeness (QED) is 0.865. The van der Waals surface area contributed by atoms with Crippen LogP contribution in [0.15, 0.2) is 30.3 Å². The van der Waals surface area contributed by atoms with Gasteiger partial charge in [0.2, 0.25) is 0 Å². The second kappa shape index (κ2) is 6.62. The number of methoxy groups -OCH3 is 1. The molecule has 124 valence electrons. The zero-order valence-electron chi connectivity index (χ0n) is 13.6. The lowest BCUT2D eigenvalue weighted by Gasteiger charge is -2.33. The molecule has 1 aromatic carbocycles. The molecule has 5 nitrogen and oxygen atoms in total. The highest BCUT2D eigenvalue weighted by Gasteiger charge is 2.41. The van der Waals surface area contributed by atoms with Gasteiger partial charge >= 0.3 is 5.97 Å². The van der Waals surface area contributed by atoms with E-state index in [1.165, 1.54) is 0 Å². The fraction of sp³-hybridized carbons (Fsp3) is 0.500. The molecule has 1 fully saturated rings. The first-order valence-electron chi connectivity index (χ1n) is 8.14. The number of ether oxygens (including phenoxy) is 2. The van der Waals surface area contributed by atoms with Crippen molar-refractivity contribution in [3.8, 4) is 5.75 Å². The number of hydroxylamine groups is 1.